The molecule has 5 nitrogen and oxygen atoms in total. The average molecular weight is 459 g/mol. The van der Waals surface area contributed by atoms with Crippen LogP contribution in [-0.4, -0.2) is 27.4 Å². The van der Waals surface area contributed by atoms with Gasteiger partial charge in [0, 0.05) is 19.4 Å². The first-order valence-corrected chi connectivity index (χ1v) is 12.1. The first kappa shape index (κ1) is 24.5. The first-order chi connectivity index (χ1) is 15.2. The Morgan fingerprint density at radius 3 is 2.59 bits per heavy atom. The Balaban J connectivity index is 1.71. The maximum absolute atomic E-state index is 12.3. The number of aryl methyl sites for hydroxylation is 1. The van der Waals surface area contributed by atoms with Crippen LogP contribution < -0.4 is 0 Å². The molecule has 2 aromatic rings. The van der Waals surface area contributed by atoms with Gasteiger partial charge in [0.2, 0.25) is 0 Å². The number of benzene rings is 1. The van der Waals surface area contributed by atoms with Crippen LogP contribution in [0.3, 0.4) is 0 Å². The number of aldehydes is 1. The van der Waals surface area contributed by atoms with Gasteiger partial charge in [-0.25, -0.2) is 4.98 Å². The normalized spacial score (nSPS) is 18.7. The Hall–Kier alpha value is -2.14. The van der Waals surface area contributed by atoms with E-state index in [4.69, 9.17) is 16.3 Å². The monoisotopic (exact) mass is 458 g/mol. The minimum atomic E-state index is -0.445. The van der Waals surface area contributed by atoms with Crippen molar-refractivity contribution in [3.05, 3.63) is 52.1 Å². The van der Waals surface area contributed by atoms with E-state index in [1.54, 1.807) is 0 Å². The molecule has 1 saturated carbocycles. The number of unbranched alkanes of at least 4 members (excludes halogenated alkanes) is 1. The lowest BCUT2D eigenvalue weighted by atomic mass is 9.86. The largest absolute Gasteiger partial charge is 0.460 e. The summed E-state index contributed by atoms with van der Waals surface area (Å²) in [5.74, 6) is 1.45. The third kappa shape index (κ3) is 6.22. The van der Waals surface area contributed by atoms with E-state index in [-0.39, 0.29) is 11.1 Å². The fourth-order valence-electron chi connectivity index (χ4n) is 4.67. The van der Waals surface area contributed by atoms with Crippen LogP contribution in [0.1, 0.15) is 99.6 Å². The number of imidazole rings is 1. The number of esters is 1. The predicted octanol–water partition coefficient (Wildman–Crippen LogP) is 6.36. The highest BCUT2D eigenvalue weighted by Crippen LogP contribution is 2.42. The second-order valence-electron chi connectivity index (χ2n) is 9.84. The van der Waals surface area contributed by atoms with Crippen molar-refractivity contribution in [3.8, 4) is 0 Å². The molecule has 1 heterocycles. The predicted molar refractivity (Wildman–Crippen MR) is 127 cm³/mol. The van der Waals surface area contributed by atoms with E-state index < -0.39 is 5.60 Å². The number of hydrogen-bond donors (Lipinski definition) is 0. The van der Waals surface area contributed by atoms with Crippen LogP contribution in [0.25, 0.3) is 0 Å². The van der Waals surface area contributed by atoms with Crippen molar-refractivity contribution in [3.63, 3.8) is 0 Å². The summed E-state index contributed by atoms with van der Waals surface area (Å²) in [6.45, 7) is 8.43. The van der Waals surface area contributed by atoms with Crippen molar-refractivity contribution >= 4 is 23.9 Å². The molecule has 0 spiro atoms. The number of nitrogens with zero attached hydrogens (tertiary/aromatic N) is 2. The van der Waals surface area contributed by atoms with E-state index in [1.807, 2.05) is 25.3 Å². The number of carbonyl (C=O) groups is 2. The summed E-state index contributed by atoms with van der Waals surface area (Å²) in [6, 6.07) is 8.56. The number of halogens is 1. The summed E-state index contributed by atoms with van der Waals surface area (Å²) in [7, 11) is 0. The van der Waals surface area contributed by atoms with E-state index in [0.717, 1.165) is 56.2 Å². The molecular weight excluding hydrogens is 424 g/mol. The molecule has 1 fully saturated rings. The second-order valence-corrected chi connectivity index (χ2v) is 10.2. The lowest BCUT2D eigenvalue weighted by molar-refractivity contribution is -0.156. The fraction of sp³-hybridized carbons (Fsp3) is 0.577. The quantitative estimate of drug-likeness (QED) is 0.324. The molecule has 0 N–H and O–H groups in total. The number of carbonyl (C=O) groups excluding carboxylic acids is 2. The summed E-state index contributed by atoms with van der Waals surface area (Å²) >= 11 is 6.20. The van der Waals surface area contributed by atoms with Gasteiger partial charge >= 0.3 is 5.97 Å². The van der Waals surface area contributed by atoms with Gasteiger partial charge in [0.25, 0.3) is 0 Å². The minimum absolute atomic E-state index is 0.107. The summed E-state index contributed by atoms with van der Waals surface area (Å²) in [4.78, 5) is 28.3. The Kier molecular flexibility index (Phi) is 8.16. The van der Waals surface area contributed by atoms with Gasteiger partial charge in [-0.15, -0.1) is 0 Å². The van der Waals surface area contributed by atoms with Gasteiger partial charge in [-0.3, -0.25) is 9.59 Å². The Labute approximate surface area is 196 Å². The maximum atomic E-state index is 12.3. The zero-order valence-corrected chi connectivity index (χ0v) is 20.5. The summed E-state index contributed by atoms with van der Waals surface area (Å²) in [5.41, 5.74) is 2.37. The van der Waals surface area contributed by atoms with Gasteiger partial charge in [0.1, 0.15) is 17.1 Å². The smallest absolute Gasteiger partial charge is 0.306 e. The number of rotatable bonds is 9. The van der Waals surface area contributed by atoms with E-state index in [0.29, 0.717) is 30.5 Å². The molecule has 32 heavy (non-hydrogen) atoms. The van der Waals surface area contributed by atoms with Crippen LogP contribution in [0, 0.1) is 5.92 Å². The number of ether oxygens (including phenoxy) is 1. The topological polar surface area (TPSA) is 61.2 Å². The molecule has 1 aliphatic carbocycles. The highest BCUT2D eigenvalue weighted by atomic mass is 35.5. The summed E-state index contributed by atoms with van der Waals surface area (Å²) in [6.07, 6.45) is 7.42. The molecule has 6 heteroatoms. The zero-order valence-electron chi connectivity index (χ0n) is 19.7. The summed E-state index contributed by atoms with van der Waals surface area (Å²) < 4.78 is 7.48. The van der Waals surface area contributed by atoms with Gasteiger partial charge in [-0.2, -0.15) is 0 Å². The van der Waals surface area contributed by atoms with Crippen LogP contribution in [0.5, 0.6) is 0 Å². The standard InChI is InChI=1S/C26H35ClN2O3/c1-5-6-10-23-28-25(27)22(17-30)29(23)16-18-11-13-19(14-12-18)21-9-7-8-20(21)15-24(31)32-26(2,3)4/h11-14,17,20-21H,5-10,15-16H2,1-4H3. The van der Waals surface area contributed by atoms with Gasteiger partial charge < -0.3 is 9.30 Å². The van der Waals surface area contributed by atoms with Crippen LogP contribution in [-0.2, 0) is 22.5 Å². The SMILES string of the molecule is CCCCc1nc(Cl)c(C=O)n1Cc1ccc(C2CCCC2CC(=O)OC(C)(C)C)cc1. The first-order valence-electron chi connectivity index (χ1n) is 11.7. The average Bonchev–Trinajstić information content (AvgIpc) is 3.29. The number of hydrogen-bond acceptors (Lipinski definition) is 4. The van der Waals surface area contributed by atoms with Crippen molar-refractivity contribution in [1.82, 2.24) is 9.55 Å². The molecule has 0 bridgehead atoms. The van der Waals surface area contributed by atoms with E-state index in [1.165, 1.54) is 5.56 Å². The van der Waals surface area contributed by atoms with Gasteiger partial charge in [-0.05, 0) is 63.0 Å². The van der Waals surface area contributed by atoms with Crippen molar-refractivity contribution in [1.29, 1.82) is 0 Å². The third-order valence-electron chi connectivity index (χ3n) is 6.16. The summed E-state index contributed by atoms with van der Waals surface area (Å²) in [5, 5.41) is 0.277. The van der Waals surface area contributed by atoms with Crippen LogP contribution in [0.4, 0.5) is 0 Å². The van der Waals surface area contributed by atoms with E-state index >= 15 is 0 Å². The molecule has 1 aromatic carbocycles. The lowest BCUT2D eigenvalue weighted by Crippen LogP contribution is -2.25. The molecule has 0 radical (unpaired) electrons. The third-order valence-corrected chi connectivity index (χ3v) is 6.44. The van der Waals surface area contributed by atoms with Crippen molar-refractivity contribution in [2.75, 3.05) is 0 Å². The molecule has 1 aromatic heterocycles. The number of aromatic nitrogens is 2. The lowest BCUT2D eigenvalue weighted by Gasteiger charge is -2.23. The molecule has 2 atom stereocenters. The van der Waals surface area contributed by atoms with Crippen molar-refractivity contribution < 1.29 is 14.3 Å². The molecule has 1 aliphatic rings. The van der Waals surface area contributed by atoms with E-state index in [2.05, 4.69) is 36.2 Å². The molecule has 3 rings (SSSR count). The Morgan fingerprint density at radius 2 is 1.97 bits per heavy atom. The molecule has 0 saturated heterocycles. The highest BCUT2D eigenvalue weighted by molar-refractivity contribution is 6.31. The van der Waals surface area contributed by atoms with Gasteiger partial charge in [0.05, 0.1) is 0 Å². The van der Waals surface area contributed by atoms with Crippen molar-refractivity contribution in [2.45, 2.75) is 90.7 Å². The van der Waals surface area contributed by atoms with Gasteiger partial charge in [0.15, 0.2) is 11.4 Å². The maximum Gasteiger partial charge on any atom is 0.306 e. The van der Waals surface area contributed by atoms with E-state index in [9.17, 15) is 9.59 Å². The Bertz CT molecular complexity index is 928. The minimum Gasteiger partial charge on any atom is -0.460 e. The molecule has 0 aliphatic heterocycles. The zero-order chi connectivity index (χ0) is 23.3. The molecule has 0 amide bonds. The molecular formula is C26H35ClN2O3. The molecule has 174 valence electrons. The van der Waals surface area contributed by atoms with Crippen LogP contribution in [0.2, 0.25) is 5.15 Å². The second kappa shape index (κ2) is 10.7. The molecule has 2 unspecified atom stereocenters. The Morgan fingerprint density at radius 1 is 1.25 bits per heavy atom. The van der Waals surface area contributed by atoms with Gasteiger partial charge in [-0.1, -0.05) is 55.6 Å². The van der Waals surface area contributed by atoms with Crippen LogP contribution >= 0.6 is 11.6 Å². The van der Waals surface area contributed by atoms with Crippen LogP contribution in [0.15, 0.2) is 24.3 Å². The van der Waals surface area contributed by atoms with Crippen molar-refractivity contribution in [2.24, 2.45) is 5.92 Å². The fourth-order valence-corrected chi connectivity index (χ4v) is 4.91. The highest BCUT2D eigenvalue weighted by Gasteiger charge is 2.31.